The van der Waals surface area contributed by atoms with Gasteiger partial charge in [-0.05, 0) is 26.5 Å². The van der Waals surface area contributed by atoms with Crippen molar-refractivity contribution in [2.75, 3.05) is 43.4 Å². The van der Waals surface area contributed by atoms with E-state index in [-0.39, 0.29) is 6.10 Å². The quantitative estimate of drug-likeness (QED) is 0.846. The van der Waals surface area contributed by atoms with Gasteiger partial charge in [0.25, 0.3) is 0 Å². The van der Waals surface area contributed by atoms with E-state index in [4.69, 9.17) is 10.5 Å². The molecule has 0 aliphatic carbocycles. The minimum absolute atomic E-state index is 0.173. The van der Waals surface area contributed by atoms with Crippen LogP contribution in [0.2, 0.25) is 0 Å². The molecule has 1 aromatic rings. The molecule has 0 aromatic heterocycles. The molecule has 1 aromatic carbocycles. The Morgan fingerprint density at radius 2 is 1.84 bits per heavy atom. The number of hydrogen-bond donors (Lipinski definition) is 1. The highest BCUT2D eigenvalue weighted by atomic mass is 16.5. The first-order chi connectivity index (χ1) is 9.08. The second-order valence-corrected chi connectivity index (χ2v) is 5.35. The maximum Gasteiger partial charge on any atom is 0.123 e. The lowest BCUT2D eigenvalue weighted by atomic mass is 10.2. The molecule has 4 nitrogen and oxygen atoms in total. The van der Waals surface area contributed by atoms with Crippen molar-refractivity contribution >= 4 is 11.4 Å². The smallest absolute Gasteiger partial charge is 0.123 e. The first-order valence-corrected chi connectivity index (χ1v) is 7.13. The zero-order chi connectivity index (χ0) is 13.8. The van der Waals surface area contributed by atoms with Crippen molar-refractivity contribution in [2.45, 2.75) is 26.9 Å². The summed E-state index contributed by atoms with van der Waals surface area (Å²) in [5, 5.41) is 0. The van der Waals surface area contributed by atoms with Gasteiger partial charge in [-0.2, -0.15) is 0 Å². The van der Waals surface area contributed by atoms with Crippen LogP contribution in [0.1, 0.15) is 20.8 Å². The lowest BCUT2D eigenvalue weighted by Gasteiger charge is -2.35. The summed E-state index contributed by atoms with van der Waals surface area (Å²) in [4.78, 5) is 4.85. The monoisotopic (exact) mass is 263 g/mol. The molecule has 0 saturated carbocycles. The van der Waals surface area contributed by atoms with E-state index < -0.39 is 0 Å². The van der Waals surface area contributed by atoms with Gasteiger partial charge >= 0.3 is 0 Å². The van der Waals surface area contributed by atoms with E-state index in [0.717, 1.165) is 44.2 Å². The van der Waals surface area contributed by atoms with Crippen LogP contribution < -0.4 is 15.4 Å². The van der Waals surface area contributed by atoms with Gasteiger partial charge in [0.15, 0.2) is 0 Å². The highest BCUT2D eigenvalue weighted by molar-refractivity contribution is 5.60. The van der Waals surface area contributed by atoms with E-state index in [1.165, 1.54) is 5.69 Å². The Balaban J connectivity index is 2.09. The van der Waals surface area contributed by atoms with E-state index in [0.29, 0.717) is 0 Å². The normalized spacial score (nSPS) is 16.9. The Bertz CT molecular complexity index is 412. The van der Waals surface area contributed by atoms with Crippen LogP contribution in [0.4, 0.5) is 11.4 Å². The lowest BCUT2D eigenvalue weighted by molar-refractivity contribution is 0.242. The summed E-state index contributed by atoms with van der Waals surface area (Å²) in [5.74, 6) is 0.864. The van der Waals surface area contributed by atoms with Gasteiger partial charge in [0.1, 0.15) is 5.75 Å². The fourth-order valence-corrected chi connectivity index (χ4v) is 2.45. The molecule has 1 saturated heterocycles. The van der Waals surface area contributed by atoms with Crippen molar-refractivity contribution in [1.82, 2.24) is 4.90 Å². The Kier molecular flexibility index (Phi) is 4.53. The molecule has 0 amide bonds. The number of piperazine rings is 1. The molecule has 0 radical (unpaired) electrons. The van der Waals surface area contributed by atoms with Crippen LogP contribution in [0, 0.1) is 0 Å². The molecule has 19 heavy (non-hydrogen) atoms. The molecule has 0 atom stereocenters. The minimum atomic E-state index is 0.173. The Labute approximate surface area is 116 Å². The first kappa shape index (κ1) is 14.0. The lowest BCUT2D eigenvalue weighted by Crippen LogP contribution is -2.46. The largest absolute Gasteiger partial charge is 0.491 e. The Morgan fingerprint density at radius 3 is 2.42 bits per heavy atom. The van der Waals surface area contributed by atoms with E-state index in [9.17, 15) is 0 Å². The van der Waals surface area contributed by atoms with Gasteiger partial charge in [-0.15, -0.1) is 0 Å². The van der Waals surface area contributed by atoms with E-state index >= 15 is 0 Å². The minimum Gasteiger partial charge on any atom is -0.491 e. The fourth-order valence-electron chi connectivity index (χ4n) is 2.45. The van der Waals surface area contributed by atoms with Gasteiger partial charge in [0, 0.05) is 49.7 Å². The molecule has 0 unspecified atom stereocenters. The highest BCUT2D eigenvalue weighted by Gasteiger charge is 2.16. The predicted octanol–water partition coefficient (Wildman–Crippen LogP) is 2.20. The van der Waals surface area contributed by atoms with Crippen LogP contribution in [0.15, 0.2) is 18.2 Å². The zero-order valence-electron chi connectivity index (χ0n) is 12.2. The van der Waals surface area contributed by atoms with Crippen molar-refractivity contribution < 1.29 is 4.74 Å². The average molecular weight is 263 g/mol. The zero-order valence-corrected chi connectivity index (χ0v) is 12.2. The van der Waals surface area contributed by atoms with Crippen molar-refractivity contribution in [3.8, 4) is 5.75 Å². The second-order valence-electron chi connectivity index (χ2n) is 5.35. The number of hydrogen-bond acceptors (Lipinski definition) is 4. The topological polar surface area (TPSA) is 41.7 Å². The Hall–Kier alpha value is -1.42. The van der Waals surface area contributed by atoms with Gasteiger partial charge in [0.2, 0.25) is 0 Å². The van der Waals surface area contributed by atoms with Gasteiger partial charge in [0.05, 0.1) is 6.10 Å². The maximum absolute atomic E-state index is 5.98. The van der Waals surface area contributed by atoms with Crippen LogP contribution in [0.5, 0.6) is 5.75 Å². The van der Waals surface area contributed by atoms with Gasteiger partial charge < -0.3 is 20.3 Å². The summed E-state index contributed by atoms with van der Waals surface area (Å²) in [7, 11) is 0. The third-order valence-corrected chi connectivity index (χ3v) is 3.47. The van der Waals surface area contributed by atoms with Crippen molar-refractivity contribution in [2.24, 2.45) is 0 Å². The summed E-state index contributed by atoms with van der Waals surface area (Å²) in [5.41, 5.74) is 7.92. The number of nitrogens with two attached hydrogens (primary N) is 1. The molecule has 1 fully saturated rings. The number of rotatable bonds is 4. The SMILES string of the molecule is CCN1CCN(c2cc(N)cc(OC(C)C)c2)CC1. The van der Waals surface area contributed by atoms with E-state index in [2.05, 4.69) is 22.8 Å². The summed E-state index contributed by atoms with van der Waals surface area (Å²) in [6.45, 7) is 11.7. The standard InChI is InChI=1S/C15H25N3O/c1-4-17-5-7-18(8-6-17)14-9-13(16)10-15(11-14)19-12(2)3/h9-12H,4-8,16H2,1-3H3. The van der Waals surface area contributed by atoms with Crippen LogP contribution >= 0.6 is 0 Å². The highest BCUT2D eigenvalue weighted by Crippen LogP contribution is 2.27. The van der Waals surface area contributed by atoms with E-state index in [1.54, 1.807) is 0 Å². The summed E-state index contributed by atoms with van der Waals surface area (Å²) in [6.07, 6.45) is 0.173. The molecule has 1 aliphatic rings. The van der Waals surface area contributed by atoms with E-state index in [1.807, 2.05) is 26.0 Å². The third kappa shape index (κ3) is 3.77. The van der Waals surface area contributed by atoms with Crippen molar-refractivity contribution in [3.05, 3.63) is 18.2 Å². The molecule has 1 aliphatic heterocycles. The molecule has 106 valence electrons. The van der Waals surface area contributed by atoms with Gasteiger partial charge in [-0.3, -0.25) is 0 Å². The Morgan fingerprint density at radius 1 is 1.16 bits per heavy atom. The summed E-state index contributed by atoms with van der Waals surface area (Å²) < 4.78 is 5.75. The number of nitrogens with zero attached hydrogens (tertiary/aromatic N) is 2. The number of nitrogen functional groups attached to an aromatic ring is 1. The molecule has 2 N–H and O–H groups in total. The molecular formula is C15H25N3O. The third-order valence-electron chi connectivity index (χ3n) is 3.47. The number of benzene rings is 1. The van der Waals surface area contributed by atoms with Crippen molar-refractivity contribution in [3.63, 3.8) is 0 Å². The number of ether oxygens (including phenoxy) is 1. The number of likely N-dealkylation sites (N-methyl/N-ethyl adjacent to an activating group) is 1. The first-order valence-electron chi connectivity index (χ1n) is 7.13. The summed E-state index contributed by atoms with van der Waals surface area (Å²) in [6, 6.07) is 6.03. The maximum atomic E-state index is 5.98. The predicted molar refractivity (Wildman–Crippen MR) is 80.9 cm³/mol. The van der Waals surface area contributed by atoms with Crippen LogP contribution in [-0.4, -0.2) is 43.7 Å². The van der Waals surface area contributed by atoms with Gasteiger partial charge in [-0.25, -0.2) is 0 Å². The van der Waals surface area contributed by atoms with Crippen LogP contribution in [0.25, 0.3) is 0 Å². The molecular weight excluding hydrogens is 238 g/mol. The molecule has 0 bridgehead atoms. The van der Waals surface area contributed by atoms with Crippen LogP contribution in [0.3, 0.4) is 0 Å². The molecule has 0 spiro atoms. The number of anilines is 2. The second kappa shape index (κ2) is 6.15. The van der Waals surface area contributed by atoms with Crippen molar-refractivity contribution in [1.29, 1.82) is 0 Å². The fraction of sp³-hybridized carbons (Fsp3) is 0.600. The summed E-state index contributed by atoms with van der Waals surface area (Å²) >= 11 is 0. The molecule has 2 rings (SSSR count). The molecule has 1 heterocycles. The molecule has 4 heteroatoms. The van der Waals surface area contributed by atoms with Gasteiger partial charge in [-0.1, -0.05) is 6.92 Å². The van der Waals surface area contributed by atoms with Crippen LogP contribution in [-0.2, 0) is 0 Å². The average Bonchev–Trinajstić information content (AvgIpc) is 2.37.